The lowest BCUT2D eigenvalue weighted by atomic mass is 9.80. The Kier molecular flexibility index (Phi) is 4.52. The van der Waals surface area contributed by atoms with Gasteiger partial charge in [0.15, 0.2) is 11.6 Å². The number of hydrogen-bond acceptors (Lipinski definition) is 1. The highest BCUT2D eigenvalue weighted by atomic mass is 19.4. The van der Waals surface area contributed by atoms with Crippen LogP contribution in [0.5, 0.6) is 5.75 Å². The van der Waals surface area contributed by atoms with Crippen molar-refractivity contribution in [3.05, 3.63) is 64.5 Å². The smallest absolute Gasteiger partial charge is 0.403 e. The molecule has 5 heteroatoms. The third-order valence-corrected chi connectivity index (χ3v) is 4.57. The van der Waals surface area contributed by atoms with Crippen molar-refractivity contribution in [3.8, 4) is 5.75 Å². The SMILES string of the molecule is CCc1ccc(C2CCc3cc(OC(F)(F)F)c(F)cc3C2)cc1. The molecule has 1 unspecified atom stereocenters. The molecule has 0 saturated heterocycles. The van der Waals surface area contributed by atoms with E-state index in [9.17, 15) is 17.6 Å². The minimum atomic E-state index is -4.88. The second kappa shape index (κ2) is 6.46. The fourth-order valence-corrected chi connectivity index (χ4v) is 3.27. The molecule has 1 atom stereocenters. The molecule has 1 aliphatic carbocycles. The molecule has 1 nitrogen and oxygen atoms in total. The Bertz CT molecular complexity index is 719. The number of fused-ring (bicyclic) bond motifs is 1. The maximum absolute atomic E-state index is 13.9. The molecule has 0 aromatic heterocycles. The highest BCUT2D eigenvalue weighted by Gasteiger charge is 2.33. The molecule has 0 aliphatic heterocycles. The molecule has 128 valence electrons. The number of ether oxygens (including phenoxy) is 1. The van der Waals surface area contributed by atoms with Gasteiger partial charge >= 0.3 is 6.36 Å². The van der Waals surface area contributed by atoms with Crippen molar-refractivity contribution >= 4 is 0 Å². The Morgan fingerprint density at radius 3 is 2.42 bits per heavy atom. The first-order valence-electron chi connectivity index (χ1n) is 8.01. The maximum Gasteiger partial charge on any atom is 0.573 e. The monoisotopic (exact) mass is 338 g/mol. The first-order valence-corrected chi connectivity index (χ1v) is 8.01. The number of benzene rings is 2. The van der Waals surface area contributed by atoms with Crippen molar-refractivity contribution in [2.75, 3.05) is 0 Å². The van der Waals surface area contributed by atoms with E-state index >= 15 is 0 Å². The van der Waals surface area contributed by atoms with Crippen molar-refractivity contribution in [1.29, 1.82) is 0 Å². The summed E-state index contributed by atoms with van der Waals surface area (Å²) < 4.78 is 54.6. The molecule has 1 aliphatic rings. The van der Waals surface area contributed by atoms with E-state index in [2.05, 4.69) is 35.9 Å². The van der Waals surface area contributed by atoms with Gasteiger partial charge in [0, 0.05) is 0 Å². The molecule has 24 heavy (non-hydrogen) atoms. The van der Waals surface area contributed by atoms with Crippen LogP contribution in [0.2, 0.25) is 0 Å². The first kappa shape index (κ1) is 16.8. The lowest BCUT2D eigenvalue weighted by Crippen LogP contribution is -2.19. The molecule has 2 aromatic rings. The fraction of sp³-hybridized carbons (Fsp3) is 0.368. The lowest BCUT2D eigenvalue weighted by molar-refractivity contribution is -0.275. The Labute approximate surface area is 138 Å². The molecule has 0 amide bonds. The second-order valence-electron chi connectivity index (χ2n) is 6.13. The largest absolute Gasteiger partial charge is 0.573 e. The topological polar surface area (TPSA) is 9.23 Å². The van der Waals surface area contributed by atoms with Crippen LogP contribution in [0.3, 0.4) is 0 Å². The average Bonchev–Trinajstić information content (AvgIpc) is 2.54. The molecule has 2 aromatic carbocycles. The molecule has 0 radical (unpaired) electrons. The van der Waals surface area contributed by atoms with E-state index in [0.717, 1.165) is 24.0 Å². The summed E-state index contributed by atoms with van der Waals surface area (Å²) in [6.07, 6.45) is -1.84. The van der Waals surface area contributed by atoms with Crippen molar-refractivity contribution < 1.29 is 22.3 Å². The Morgan fingerprint density at radius 1 is 1.08 bits per heavy atom. The molecule has 0 saturated carbocycles. The molecule has 0 heterocycles. The zero-order chi connectivity index (χ0) is 17.3. The number of alkyl halides is 3. The van der Waals surface area contributed by atoms with E-state index in [1.54, 1.807) is 0 Å². The van der Waals surface area contributed by atoms with Gasteiger partial charge in [0.25, 0.3) is 0 Å². The summed E-state index contributed by atoms with van der Waals surface area (Å²) in [6, 6.07) is 10.7. The third kappa shape index (κ3) is 3.71. The van der Waals surface area contributed by atoms with Gasteiger partial charge in [-0.25, -0.2) is 4.39 Å². The van der Waals surface area contributed by atoms with E-state index in [-0.39, 0.29) is 5.92 Å². The normalized spacial score (nSPS) is 17.5. The standard InChI is InChI=1S/C19H18F4O/c1-2-12-3-5-13(6-4-12)14-7-8-15-11-18(24-19(21,22)23)17(20)10-16(15)9-14/h3-6,10-11,14H,2,7-9H2,1H3. The van der Waals surface area contributed by atoms with Crippen LogP contribution in [0.25, 0.3) is 0 Å². The number of aryl methyl sites for hydroxylation is 2. The highest BCUT2D eigenvalue weighted by Crippen LogP contribution is 2.36. The summed E-state index contributed by atoms with van der Waals surface area (Å²) in [4.78, 5) is 0. The predicted octanol–water partition coefficient (Wildman–Crippen LogP) is 5.56. The van der Waals surface area contributed by atoms with Crippen molar-refractivity contribution in [2.24, 2.45) is 0 Å². The number of rotatable bonds is 3. The molecule has 0 bridgehead atoms. The lowest BCUT2D eigenvalue weighted by Gasteiger charge is -2.26. The van der Waals surface area contributed by atoms with Gasteiger partial charge in [-0.05, 0) is 66.0 Å². The number of hydrogen-bond donors (Lipinski definition) is 0. The van der Waals surface area contributed by atoms with Crippen LogP contribution in [-0.2, 0) is 19.3 Å². The van der Waals surface area contributed by atoms with Crippen LogP contribution in [0.15, 0.2) is 36.4 Å². The van der Waals surface area contributed by atoms with E-state index < -0.39 is 17.9 Å². The van der Waals surface area contributed by atoms with Gasteiger partial charge in [-0.15, -0.1) is 13.2 Å². The zero-order valence-electron chi connectivity index (χ0n) is 13.3. The van der Waals surface area contributed by atoms with Crippen LogP contribution in [0.1, 0.15) is 41.5 Å². The molecule has 0 N–H and O–H groups in total. The first-order chi connectivity index (χ1) is 11.4. The van der Waals surface area contributed by atoms with Crippen LogP contribution >= 0.6 is 0 Å². The van der Waals surface area contributed by atoms with Crippen molar-refractivity contribution in [2.45, 2.75) is 44.9 Å². The van der Waals surface area contributed by atoms with E-state index in [0.29, 0.717) is 12.8 Å². The Hall–Kier alpha value is -2.04. The van der Waals surface area contributed by atoms with Gasteiger partial charge in [0.05, 0.1) is 0 Å². The van der Waals surface area contributed by atoms with Gasteiger partial charge < -0.3 is 4.74 Å². The maximum atomic E-state index is 13.9. The quantitative estimate of drug-likeness (QED) is 0.666. The molecular weight excluding hydrogens is 320 g/mol. The minimum Gasteiger partial charge on any atom is -0.403 e. The Balaban J connectivity index is 1.81. The van der Waals surface area contributed by atoms with Gasteiger partial charge in [-0.1, -0.05) is 31.2 Å². The summed E-state index contributed by atoms with van der Waals surface area (Å²) in [5.74, 6) is -1.45. The summed E-state index contributed by atoms with van der Waals surface area (Å²) in [5.41, 5.74) is 3.94. The predicted molar refractivity (Wildman–Crippen MR) is 83.7 cm³/mol. The second-order valence-corrected chi connectivity index (χ2v) is 6.13. The van der Waals surface area contributed by atoms with Gasteiger partial charge in [0.1, 0.15) is 0 Å². The van der Waals surface area contributed by atoms with E-state index in [1.807, 2.05) is 0 Å². The summed E-state index contributed by atoms with van der Waals surface area (Å²) >= 11 is 0. The average molecular weight is 338 g/mol. The van der Waals surface area contributed by atoms with Crippen LogP contribution in [0.4, 0.5) is 17.6 Å². The van der Waals surface area contributed by atoms with Gasteiger partial charge in [-0.3, -0.25) is 0 Å². The van der Waals surface area contributed by atoms with Crippen LogP contribution in [0, 0.1) is 5.82 Å². The Morgan fingerprint density at radius 2 is 1.79 bits per heavy atom. The molecular formula is C19H18F4O. The van der Waals surface area contributed by atoms with Gasteiger partial charge in [0.2, 0.25) is 0 Å². The summed E-state index contributed by atoms with van der Waals surface area (Å²) in [7, 11) is 0. The minimum absolute atomic E-state index is 0.261. The van der Waals surface area contributed by atoms with E-state index in [4.69, 9.17) is 0 Å². The highest BCUT2D eigenvalue weighted by molar-refractivity contribution is 5.41. The molecule has 3 rings (SSSR count). The summed E-state index contributed by atoms with van der Waals surface area (Å²) in [6.45, 7) is 2.09. The third-order valence-electron chi connectivity index (χ3n) is 4.57. The van der Waals surface area contributed by atoms with Gasteiger partial charge in [-0.2, -0.15) is 0 Å². The number of halogens is 4. The molecule has 0 fully saturated rings. The zero-order valence-corrected chi connectivity index (χ0v) is 13.3. The molecule has 0 spiro atoms. The van der Waals surface area contributed by atoms with Crippen molar-refractivity contribution in [3.63, 3.8) is 0 Å². The summed E-state index contributed by atoms with van der Waals surface area (Å²) in [5, 5.41) is 0. The van der Waals surface area contributed by atoms with Crippen LogP contribution in [-0.4, -0.2) is 6.36 Å². The van der Waals surface area contributed by atoms with Crippen molar-refractivity contribution in [1.82, 2.24) is 0 Å². The fourth-order valence-electron chi connectivity index (χ4n) is 3.27. The van der Waals surface area contributed by atoms with E-state index in [1.165, 1.54) is 23.3 Å². The van der Waals surface area contributed by atoms with Crippen LogP contribution < -0.4 is 4.74 Å².